The summed E-state index contributed by atoms with van der Waals surface area (Å²) in [5, 5.41) is 7.63. The third-order valence-corrected chi connectivity index (χ3v) is 6.18. The number of aromatic nitrogens is 3. The number of carbonyl (C=O) groups is 1. The standard InChI is InChI=1S/C24H29N7O2/c1-16-4-3-5-18(12-16)17(2)28-29-21-13-20(30-8-10-33-11-9-30)23-24(27-21)31(15-25-23)14-19-6-7-22(32)26-19/h3-5,12-13,15,19H,6-11,14H2,1-2H3,(H,26,32)(H,27,29)/b28-17+/t19-/m0/s1. The van der Waals surface area contributed by atoms with Crippen molar-refractivity contribution in [2.45, 2.75) is 39.3 Å². The van der Waals surface area contributed by atoms with Crippen LogP contribution in [0.1, 0.15) is 30.9 Å². The lowest BCUT2D eigenvalue weighted by atomic mass is 10.1. The lowest BCUT2D eigenvalue weighted by Crippen LogP contribution is -2.36. The lowest BCUT2D eigenvalue weighted by molar-refractivity contribution is -0.119. The maximum absolute atomic E-state index is 11.7. The van der Waals surface area contributed by atoms with E-state index in [4.69, 9.17) is 14.7 Å². The summed E-state index contributed by atoms with van der Waals surface area (Å²) in [4.78, 5) is 23.5. The van der Waals surface area contributed by atoms with Gasteiger partial charge in [0.15, 0.2) is 11.5 Å². The zero-order chi connectivity index (χ0) is 22.8. The lowest BCUT2D eigenvalue weighted by Gasteiger charge is -2.29. The summed E-state index contributed by atoms with van der Waals surface area (Å²) >= 11 is 0. The predicted octanol–water partition coefficient (Wildman–Crippen LogP) is 2.69. The average Bonchev–Trinajstić information content (AvgIpc) is 3.43. The summed E-state index contributed by atoms with van der Waals surface area (Å²) in [6.07, 6.45) is 3.22. The van der Waals surface area contributed by atoms with E-state index in [1.807, 2.05) is 36.0 Å². The van der Waals surface area contributed by atoms with E-state index in [1.165, 1.54) is 5.56 Å². The number of anilines is 2. The summed E-state index contributed by atoms with van der Waals surface area (Å²) in [5.74, 6) is 0.767. The molecule has 33 heavy (non-hydrogen) atoms. The first-order valence-corrected chi connectivity index (χ1v) is 11.4. The highest BCUT2D eigenvalue weighted by atomic mass is 16.5. The van der Waals surface area contributed by atoms with Gasteiger partial charge in [0.05, 0.1) is 30.9 Å². The summed E-state index contributed by atoms with van der Waals surface area (Å²) in [6, 6.07) is 10.4. The zero-order valence-electron chi connectivity index (χ0n) is 19.0. The molecule has 2 aromatic heterocycles. The van der Waals surface area contributed by atoms with Gasteiger partial charge in [-0.1, -0.05) is 29.8 Å². The molecule has 0 bridgehead atoms. The Balaban J connectivity index is 1.48. The number of hydrazone groups is 1. The van der Waals surface area contributed by atoms with Gasteiger partial charge in [-0.05, 0) is 25.8 Å². The number of fused-ring (bicyclic) bond motifs is 1. The quantitative estimate of drug-likeness (QED) is 0.446. The Labute approximate surface area is 192 Å². The number of hydrogen-bond acceptors (Lipinski definition) is 7. The van der Waals surface area contributed by atoms with Gasteiger partial charge in [0.25, 0.3) is 0 Å². The van der Waals surface area contributed by atoms with Gasteiger partial charge in [0, 0.05) is 38.2 Å². The minimum Gasteiger partial charge on any atom is -0.378 e. The molecule has 2 saturated heterocycles. The molecule has 1 atom stereocenters. The normalized spacial score (nSPS) is 19.2. The van der Waals surface area contributed by atoms with Crippen molar-refractivity contribution >= 4 is 34.3 Å². The molecule has 0 aliphatic carbocycles. The number of morpholine rings is 1. The molecule has 0 radical (unpaired) electrons. The molecule has 2 fully saturated rings. The molecule has 2 aliphatic heterocycles. The molecule has 9 nitrogen and oxygen atoms in total. The first kappa shape index (κ1) is 21.4. The number of pyridine rings is 1. The van der Waals surface area contributed by atoms with Crippen molar-refractivity contribution in [2.75, 3.05) is 36.6 Å². The number of imidazole rings is 1. The molecule has 0 spiro atoms. The van der Waals surface area contributed by atoms with Gasteiger partial charge in [0.2, 0.25) is 5.91 Å². The molecule has 1 aromatic carbocycles. The van der Waals surface area contributed by atoms with Gasteiger partial charge in [-0.3, -0.25) is 10.2 Å². The minimum absolute atomic E-state index is 0.0988. The molecule has 4 heterocycles. The summed E-state index contributed by atoms with van der Waals surface area (Å²) in [6.45, 7) is 7.68. The van der Waals surface area contributed by atoms with Gasteiger partial charge < -0.3 is 19.5 Å². The van der Waals surface area contributed by atoms with Gasteiger partial charge >= 0.3 is 0 Å². The predicted molar refractivity (Wildman–Crippen MR) is 129 cm³/mol. The SMILES string of the molecule is C/C(=N\Nc1cc(N2CCOCC2)c2ncn(C[C@@H]3CCC(=O)N3)c2n1)c1cccc(C)c1. The molecule has 0 unspecified atom stereocenters. The number of aryl methyl sites for hydroxylation is 1. The monoisotopic (exact) mass is 447 g/mol. The van der Waals surface area contributed by atoms with E-state index in [0.717, 1.165) is 47.6 Å². The van der Waals surface area contributed by atoms with Crippen LogP contribution in [0.3, 0.4) is 0 Å². The number of ether oxygens (including phenoxy) is 1. The van der Waals surface area contributed by atoms with E-state index in [0.29, 0.717) is 32.0 Å². The van der Waals surface area contributed by atoms with Crippen LogP contribution in [0.2, 0.25) is 0 Å². The number of amides is 1. The van der Waals surface area contributed by atoms with E-state index >= 15 is 0 Å². The molecular weight excluding hydrogens is 418 g/mol. The van der Waals surface area contributed by atoms with Crippen molar-refractivity contribution in [3.8, 4) is 0 Å². The maximum Gasteiger partial charge on any atom is 0.220 e. The third kappa shape index (κ3) is 4.68. The number of nitrogens with one attached hydrogen (secondary N) is 2. The summed E-state index contributed by atoms with van der Waals surface area (Å²) in [7, 11) is 0. The number of hydrogen-bond donors (Lipinski definition) is 2. The number of carbonyl (C=O) groups excluding carboxylic acids is 1. The largest absolute Gasteiger partial charge is 0.378 e. The highest BCUT2D eigenvalue weighted by molar-refractivity contribution is 5.99. The van der Waals surface area contributed by atoms with Crippen LogP contribution in [0.15, 0.2) is 41.8 Å². The van der Waals surface area contributed by atoms with Crippen LogP contribution in [0.5, 0.6) is 0 Å². The summed E-state index contributed by atoms with van der Waals surface area (Å²) < 4.78 is 7.57. The Hall–Kier alpha value is -3.46. The Morgan fingerprint density at radius 1 is 1.30 bits per heavy atom. The second-order valence-electron chi connectivity index (χ2n) is 8.68. The van der Waals surface area contributed by atoms with Crippen LogP contribution in [0.4, 0.5) is 11.5 Å². The Bertz CT molecular complexity index is 1200. The van der Waals surface area contributed by atoms with Gasteiger partial charge in [-0.25, -0.2) is 9.97 Å². The fourth-order valence-corrected chi connectivity index (χ4v) is 4.38. The van der Waals surface area contributed by atoms with Crippen LogP contribution in [0.25, 0.3) is 11.2 Å². The number of nitrogens with zero attached hydrogens (tertiary/aromatic N) is 5. The first-order chi connectivity index (χ1) is 16.1. The molecule has 9 heteroatoms. The smallest absolute Gasteiger partial charge is 0.220 e. The summed E-state index contributed by atoms with van der Waals surface area (Å²) in [5.41, 5.74) is 8.96. The maximum atomic E-state index is 11.7. The minimum atomic E-state index is 0.0988. The molecule has 2 aliphatic rings. The Kier molecular flexibility index (Phi) is 5.95. The van der Waals surface area contributed by atoms with Crippen molar-refractivity contribution < 1.29 is 9.53 Å². The molecule has 3 aromatic rings. The Morgan fingerprint density at radius 2 is 2.15 bits per heavy atom. The second-order valence-corrected chi connectivity index (χ2v) is 8.68. The van der Waals surface area contributed by atoms with Crippen molar-refractivity contribution in [3.05, 3.63) is 47.8 Å². The van der Waals surface area contributed by atoms with E-state index < -0.39 is 0 Å². The van der Waals surface area contributed by atoms with Crippen LogP contribution >= 0.6 is 0 Å². The van der Waals surface area contributed by atoms with Crippen molar-refractivity contribution in [3.63, 3.8) is 0 Å². The highest BCUT2D eigenvalue weighted by Crippen LogP contribution is 2.29. The molecule has 1 amide bonds. The van der Waals surface area contributed by atoms with Crippen LogP contribution < -0.4 is 15.6 Å². The Morgan fingerprint density at radius 3 is 2.91 bits per heavy atom. The van der Waals surface area contributed by atoms with E-state index in [2.05, 4.69) is 39.8 Å². The van der Waals surface area contributed by atoms with E-state index in [-0.39, 0.29) is 11.9 Å². The fourth-order valence-electron chi connectivity index (χ4n) is 4.38. The number of benzene rings is 1. The first-order valence-electron chi connectivity index (χ1n) is 11.4. The van der Waals surface area contributed by atoms with E-state index in [9.17, 15) is 4.79 Å². The van der Waals surface area contributed by atoms with Crippen molar-refractivity contribution in [2.24, 2.45) is 5.10 Å². The van der Waals surface area contributed by atoms with Crippen LogP contribution in [-0.2, 0) is 16.1 Å². The molecule has 5 rings (SSSR count). The zero-order valence-corrected chi connectivity index (χ0v) is 19.0. The molecule has 2 N–H and O–H groups in total. The molecular formula is C24H29N7O2. The molecule has 172 valence electrons. The van der Waals surface area contributed by atoms with Crippen LogP contribution in [0, 0.1) is 6.92 Å². The third-order valence-electron chi connectivity index (χ3n) is 6.18. The van der Waals surface area contributed by atoms with Gasteiger partial charge in [-0.15, -0.1) is 0 Å². The van der Waals surface area contributed by atoms with Gasteiger partial charge in [0.1, 0.15) is 5.52 Å². The van der Waals surface area contributed by atoms with Crippen molar-refractivity contribution in [1.29, 1.82) is 0 Å². The number of rotatable bonds is 6. The van der Waals surface area contributed by atoms with Gasteiger partial charge in [-0.2, -0.15) is 5.10 Å². The van der Waals surface area contributed by atoms with Crippen molar-refractivity contribution in [1.82, 2.24) is 19.9 Å². The highest BCUT2D eigenvalue weighted by Gasteiger charge is 2.24. The second kappa shape index (κ2) is 9.19. The molecule has 0 saturated carbocycles. The topological polar surface area (TPSA) is 96.7 Å². The average molecular weight is 448 g/mol. The van der Waals surface area contributed by atoms with E-state index in [1.54, 1.807) is 0 Å². The van der Waals surface area contributed by atoms with Crippen LogP contribution in [-0.4, -0.2) is 58.5 Å². The fraction of sp³-hybridized carbons (Fsp3) is 0.417.